The normalized spacial score (nSPS) is 14.9. The number of fused-ring (bicyclic) bond motifs is 1. The Hall–Kier alpha value is -3.63. The summed E-state index contributed by atoms with van der Waals surface area (Å²) >= 11 is 0. The van der Waals surface area contributed by atoms with Gasteiger partial charge in [0.25, 0.3) is 0 Å². The summed E-state index contributed by atoms with van der Waals surface area (Å²) in [6.07, 6.45) is 4.30. The van der Waals surface area contributed by atoms with Crippen molar-refractivity contribution in [3.8, 4) is 0 Å². The van der Waals surface area contributed by atoms with Crippen molar-refractivity contribution in [2.75, 3.05) is 34.9 Å². The molecule has 0 bridgehead atoms. The number of nitrogens with zero attached hydrogens (tertiary/aromatic N) is 3. The Bertz CT molecular complexity index is 1410. The predicted octanol–water partition coefficient (Wildman–Crippen LogP) is 3.81. The Kier molecular flexibility index (Phi) is 5.84. The summed E-state index contributed by atoms with van der Waals surface area (Å²) in [5.74, 6) is 0.859. The van der Waals surface area contributed by atoms with Crippen LogP contribution in [0, 0.1) is 0 Å². The standard InChI is InChI=1S/C24H26N6O3S/c1-34(32,33)21-5-3-2-4-19(21)27-23-22-20(10-13-25-22)28-24(29-23)26-16-6-8-17(9-7-16)30-14-11-18(31)12-15-30/h2-10,13,18,25,31H,11-12,14-15H2,1H3,(H2,26,27,28,29). The molecule has 0 atom stereocenters. The van der Waals surface area contributed by atoms with E-state index in [1.54, 1.807) is 30.5 Å². The van der Waals surface area contributed by atoms with Gasteiger partial charge in [0.1, 0.15) is 5.52 Å². The van der Waals surface area contributed by atoms with Gasteiger partial charge in [-0.05, 0) is 55.3 Å². The zero-order valence-corrected chi connectivity index (χ0v) is 19.5. The first kappa shape index (κ1) is 22.2. The van der Waals surface area contributed by atoms with Gasteiger partial charge in [-0.1, -0.05) is 12.1 Å². The average molecular weight is 479 g/mol. The second-order valence-corrected chi connectivity index (χ2v) is 10.4. The van der Waals surface area contributed by atoms with Crippen molar-refractivity contribution in [1.29, 1.82) is 0 Å². The minimum absolute atomic E-state index is 0.198. The zero-order chi connectivity index (χ0) is 23.7. The van der Waals surface area contributed by atoms with Crippen molar-refractivity contribution in [2.45, 2.75) is 23.8 Å². The highest BCUT2D eigenvalue weighted by atomic mass is 32.2. The predicted molar refractivity (Wildman–Crippen MR) is 134 cm³/mol. The number of aliphatic hydroxyl groups excluding tert-OH is 1. The Morgan fingerprint density at radius 3 is 2.47 bits per heavy atom. The first-order valence-corrected chi connectivity index (χ1v) is 13.0. The quantitative estimate of drug-likeness (QED) is 0.330. The average Bonchev–Trinajstić information content (AvgIpc) is 3.29. The van der Waals surface area contributed by atoms with Crippen molar-refractivity contribution in [1.82, 2.24) is 15.0 Å². The molecule has 1 aliphatic rings. The third-order valence-electron chi connectivity index (χ3n) is 5.90. The van der Waals surface area contributed by atoms with Gasteiger partial charge in [-0.3, -0.25) is 0 Å². The van der Waals surface area contributed by atoms with Crippen LogP contribution in [0.5, 0.6) is 0 Å². The SMILES string of the molecule is CS(=O)(=O)c1ccccc1Nc1nc(Nc2ccc(N3CCC(O)CC3)cc2)nc2cc[nH]c12. The number of aliphatic hydroxyl groups is 1. The van der Waals surface area contributed by atoms with E-state index in [2.05, 4.69) is 30.5 Å². The Morgan fingerprint density at radius 2 is 1.74 bits per heavy atom. The number of piperidine rings is 1. The monoisotopic (exact) mass is 478 g/mol. The van der Waals surface area contributed by atoms with Gasteiger partial charge in [0.2, 0.25) is 5.95 Å². The van der Waals surface area contributed by atoms with Crippen LogP contribution >= 0.6 is 0 Å². The molecule has 3 heterocycles. The molecule has 0 spiro atoms. The second-order valence-electron chi connectivity index (χ2n) is 8.42. The number of nitrogens with one attached hydrogen (secondary N) is 3. The van der Waals surface area contributed by atoms with Crippen molar-refractivity contribution in [3.05, 3.63) is 60.8 Å². The maximum atomic E-state index is 12.2. The van der Waals surface area contributed by atoms with Crippen LogP contribution in [0.4, 0.5) is 28.8 Å². The lowest BCUT2D eigenvalue weighted by atomic mass is 10.1. The number of hydrogen-bond donors (Lipinski definition) is 4. The summed E-state index contributed by atoms with van der Waals surface area (Å²) in [7, 11) is -3.42. The molecule has 9 nitrogen and oxygen atoms in total. The molecule has 5 rings (SSSR count). The van der Waals surface area contributed by atoms with Crippen molar-refractivity contribution < 1.29 is 13.5 Å². The van der Waals surface area contributed by atoms with Gasteiger partial charge in [0, 0.05) is 36.9 Å². The van der Waals surface area contributed by atoms with Gasteiger partial charge < -0.3 is 25.6 Å². The molecule has 10 heteroatoms. The van der Waals surface area contributed by atoms with Gasteiger partial charge in [-0.25, -0.2) is 13.4 Å². The van der Waals surface area contributed by atoms with Crippen LogP contribution in [-0.2, 0) is 9.84 Å². The molecular weight excluding hydrogens is 452 g/mol. The number of benzene rings is 2. The molecule has 1 aliphatic heterocycles. The summed E-state index contributed by atoms with van der Waals surface area (Å²) in [6, 6.07) is 16.6. The van der Waals surface area contributed by atoms with Gasteiger partial charge >= 0.3 is 0 Å². The third-order valence-corrected chi connectivity index (χ3v) is 7.05. The molecule has 1 fully saturated rings. The minimum atomic E-state index is -3.42. The molecule has 2 aromatic heterocycles. The van der Waals surface area contributed by atoms with Crippen LogP contribution in [0.2, 0.25) is 0 Å². The Labute approximate surface area is 197 Å². The summed E-state index contributed by atoms with van der Waals surface area (Å²) in [5, 5.41) is 16.1. The van der Waals surface area contributed by atoms with Gasteiger partial charge in [-0.2, -0.15) is 4.98 Å². The summed E-state index contributed by atoms with van der Waals surface area (Å²) < 4.78 is 24.4. The zero-order valence-electron chi connectivity index (χ0n) is 18.7. The highest BCUT2D eigenvalue weighted by Gasteiger charge is 2.18. The van der Waals surface area contributed by atoms with Crippen LogP contribution in [0.15, 0.2) is 65.7 Å². The minimum Gasteiger partial charge on any atom is -0.393 e. The highest BCUT2D eigenvalue weighted by Crippen LogP contribution is 2.29. The number of aromatic amines is 1. The number of hydrogen-bond acceptors (Lipinski definition) is 8. The van der Waals surface area contributed by atoms with Crippen molar-refractivity contribution in [2.24, 2.45) is 0 Å². The number of H-pyrrole nitrogens is 1. The molecule has 34 heavy (non-hydrogen) atoms. The molecule has 0 aliphatic carbocycles. The lowest BCUT2D eigenvalue weighted by Gasteiger charge is -2.31. The van der Waals surface area contributed by atoms with Crippen molar-refractivity contribution >= 4 is 49.7 Å². The Balaban J connectivity index is 1.41. The van der Waals surface area contributed by atoms with E-state index in [4.69, 9.17) is 0 Å². The highest BCUT2D eigenvalue weighted by molar-refractivity contribution is 7.90. The number of sulfone groups is 1. The van der Waals surface area contributed by atoms with E-state index >= 15 is 0 Å². The van der Waals surface area contributed by atoms with E-state index in [9.17, 15) is 13.5 Å². The number of para-hydroxylation sites is 1. The van der Waals surface area contributed by atoms with E-state index in [1.165, 1.54) is 6.26 Å². The first-order valence-electron chi connectivity index (χ1n) is 11.1. The molecule has 2 aromatic carbocycles. The molecule has 4 aromatic rings. The number of rotatable bonds is 6. The topological polar surface area (TPSA) is 123 Å². The molecule has 0 saturated carbocycles. The van der Waals surface area contributed by atoms with Gasteiger partial charge in [-0.15, -0.1) is 0 Å². The van der Waals surface area contributed by atoms with Gasteiger partial charge in [0.15, 0.2) is 15.7 Å². The fraction of sp³-hybridized carbons (Fsp3) is 0.250. The van der Waals surface area contributed by atoms with Crippen LogP contribution in [0.25, 0.3) is 11.0 Å². The molecule has 0 unspecified atom stereocenters. The maximum absolute atomic E-state index is 12.2. The van der Waals surface area contributed by atoms with Crippen LogP contribution < -0.4 is 15.5 Å². The van der Waals surface area contributed by atoms with Crippen LogP contribution in [-0.4, -0.2) is 53.9 Å². The first-order chi connectivity index (χ1) is 16.4. The summed E-state index contributed by atoms with van der Waals surface area (Å²) in [4.78, 5) is 14.8. The lowest BCUT2D eigenvalue weighted by Crippen LogP contribution is -2.35. The number of anilines is 5. The summed E-state index contributed by atoms with van der Waals surface area (Å²) in [5.41, 5.74) is 3.76. The molecule has 4 N–H and O–H groups in total. The van der Waals surface area contributed by atoms with E-state index in [-0.39, 0.29) is 11.0 Å². The molecule has 1 saturated heterocycles. The molecular formula is C24H26N6O3S. The maximum Gasteiger partial charge on any atom is 0.229 e. The third kappa shape index (κ3) is 4.68. The van der Waals surface area contributed by atoms with E-state index in [0.29, 0.717) is 28.5 Å². The van der Waals surface area contributed by atoms with E-state index in [0.717, 1.165) is 37.3 Å². The fourth-order valence-electron chi connectivity index (χ4n) is 4.12. The van der Waals surface area contributed by atoms with Gasteiger partial charge in [0.05, 0.1) is 22.2 Å². The fourth-order valence-corrected chi connectivity index (χ4v) is 4.97. The summed E-state index contributed by atoms with van der Waals surface area (Å²) in [6.45, 7) is 1.68. The second kappa shape index (κ2) is 8.96. The molecule has 0 amide bonds. The number of aromatic nitrogens is 3. The van der Waals surface area contributed by atoms with E-state index in [1.807, 2.05) is 30.3 Å². The van der Waals surface area contributed by atoms with Crippen molar-refractivity contribution in [3.63, 3.8) is 0 Å². The van der Waals surface area contributed by atoms with Crippen LogP contribution in [0.3, 0.4) is 0 Å². The van der Waals surface area contributed by atoms with Crippen LogP contribution in [0.1, 0.15) is 12.8 Å². The largest absolute Gasteiger partial charge is 0.393 e. The smallest absolute Gasteiger partial charge is 0.229 e. The van der Waals surface area contributed by atoms with E-state index < -0.39 is 9.84 Å². The molecule has 0 radical (unpaired) electrons. The Morgan fingerprint density at radius 1 is 1.00 bits per heavy atom. The molecule has 176 valence electrons. The lowest BCUT2D eigenvalue weighted by molar-refractivity contribution is 0.145.